The van der Waals surface area contributed by atoms with Crippen molar-refractivity contribution in [3.63, 3.8) is 0 Å². The number of hydrogen-bond acceptors (Lipinski definition) is 5. The molecule has 0 aliphatic rings. The Balaban J connectivity index is 1.52. The van der Waals surface area contributed by atoms with Gasteiger partial charge in [-0.3, -0.25) is 5.10 Å². The van der Waals surface area contributed by atoms with Gasteiger partial charge in [0.1, 0.15) is 18.1 Å². The van der Waals surface area contributed by atoms with E-state index in [4.69, 9.17) is 9.15 Å². The van der Waals surface area contributed by atoms with Crippen LogP contribution < -0.4 is 0 Å². The van der Waals surface area contributed by atoms with Gasteiger partial charge in [0.2, 0.25) is 5.89 Å². The number of hydrogen-bond donors (Lipinski definition) is 1. The van der Waals surface area contributed by atoms with Crippen LogP contribution >= 0.6 is 0 Å². The largest absolute Gasteiger partial charge is 0.454 e. The van der Waals surface area contributed by atoms with Crippen molar-refractivity contribution in [2.75, 3.05) is 0 Å². The number of oxazole rings is 1. The Morgan fingerprint density at radius 3 is 2.72 bits per heavy atom. The number of nitrogens with one attached hydrogen (secondary N) is 1. The molecule has 0 aliphatic carbocycles. The minimum absolute atomic E-state index is 0.0299. The molecular formula is C19H15N3O3. The second kappa shape index (κ2) is 6.24. The van der Waals surface area contributed by atoms with Crippen molar-refractivity contribution in [1.82, 2.24) is 15.2 Å². The molecule has 0 atom stereocenters. The van der Waals surface area contributed by atoms with Gasteiger partial charge in [-0.25, -0.2) is 9.78 Å². The van der Waals surface area contributed by atoms with Crippen LogP contribution in [-0.2, 0) is 11.3 Å². The Bertz CT molecular complexity index is 1030. The van der Waals surface area contributed by atoms with Gasteiger partial charge >= 0.3 is 5.97 Å². The Morgan fingerprint density at radius 1 is 1.12 bits per heavy atom. The maximum Gasteiger partial charge on any atom is 0.359 e. The number of fused-ring (bicyclic) bond motifs is 1. The number of H-pyrrole nitrogens is 1. The van der Waals surface area contributed by atoms with Gasteiger partial charge in [-0.1, -0.05) is 36.4 Å². The first-order valence-electron chi connectivity index (χ1n) is 7.84. The van der Waals surface area contributed by atoms with Crippen LogP contribution in [0, 0.1) is 6.92 Å². The van der Waals surface area contributed by atoms with E-state index in [1.165, 1.54) is 0 Å². The molecule has 4 rings (SSSR count). The maximum absolute atomic E-state index is 12.3. The third-order valence-corrected chi connectivity index (χ3v) is 3.92. The number of ether oxygens (including phenoxy) is 1. The molecule has 6 nitrogen and oxygen atoms in total. The van der Waals surface area contributed by atoms with Crippen LogP contribution in [0.15, 0.2) is 59.0 Å². The van der Waals surface area contributed by atoms with Crippen LogP contribution in [0.1, 0.15) is 21.9 Å². The Hall–Kier alpha value is -3.41. The van der Waals surface area contributed by atoms with Crippen molar-refractivity contribution >= 4 is 16.9 Å². The van der Waals surface area contributed by atoms with Crippen LogP contribution in [0.25, 0.3) is 22.4 Å². The zero-order valence-electron chi connectivity index (χ0n) is 13.5. The first-order chi connectivity index (χ1) is 12.2. The summed E-state index contributed by atoms with van der Waals surface area (Å²) in [6.45, 7) is 1.83. The highest BCUT2D eigenvalue weighted by Crippen LogP contribution is 2.22. The summed E-state index contributed by atoms with van der Waals surface area (Å²) in [5, 5.41) is 7.59. The van der Waals surface area contributed by atoms with E-state index in [0.29, 0.717) is 17.3 Å². The number of nitrogens with zero attached hydrogens (tertiary/aromatic N) is 2. The van der Waals surface area contributed by atoms with E-state index >= 15 is 0 Å². The average molecular weight is 333 g/mol. The summed E-state index contributed by atoms with van der Waals surface area (Å²) >= 11 is 0. The third-order valence-electron chi connectivity index (χ3n) is 3.92. The van der Waals surface area contributed by atoms with Gasteiger partial charge in [0.15, 0.2) is 5.69 Å². The molecule has 0 spiro atoms. The number of rotatable bonds is 4. The molecule has 2 aromatic carbocycles. The van der Waals surface area contributed by atoms with Gasteiger partial charge in [0.25, 0.3) is 0 Å². The minimum atomic E-state index is -0.499. The fourth-order valence-corrected chi connectivity index (χ4v) is 2.59. The quantitative estimate of drug-likeness (QED) is 0.573. The number of esters is 1. The van der Waals surface area contributed by atoms with Gasteiger partial charge in [-0.05, 0) is 25.1 Å². The molecule has 0 bridgehead atoms. The predicted molar refractivity (Wildman–Crippen MR) is 91.9 cm³/mol. The van der Waals surface area contributed by atoms with Gasteiger partial charge < -0.3 is 9.15 Å². The molecular weight excluding hydrogens is 318 g/mol. The molecule has 0 radical (unpaired) electrons. The molecule has 2 heterocycles. The van der Waals surface area contributed by atoms with E-state index in [9.17, 15) is 4.79 Å². The summed E-state index contributed by atoms with van der Waals surface area (Å²) in [6, 6.07) is 17.0. The summed E-state index contributed by atoms with van der Waals surface area (Å²) in [5.41, 5.74) is 2.52. The zero-order valence-corrected chi connectivity index (χ0v) is 13.5. The predicted octanol–water partition coefficient (Wildman–Crippen LogP) is 3.88. The van der Waals surface area contributed by atoms with Gasteiger partial charge in [0, 0.05) is 10.9 Å². The molecule has 0 amide bonds. The molecule has 4 aromatic rings. The number of aryl methyl sites for hydroxylation is 1. The van der Waals surface area contributed by atoms with Crippen molar-refractivity contribution in [3.8, 4) is 11.5 Å². The Labute approximate surface area is 143 Å². The zero-order chi connectivity index (χ0) is 17.2. The van der Waals surface area contributed by atoms with E-state index in [1.54, 1.807) is 6.92 Å². The van der Waals surface area contributed by atoms with E-state index in [-0.39, 0.29) is 12.3 Å². The van der Waals surface area contributed by atoms with Crippen molar-refractivity contribution in [2.24, 2.45) is 0 Å². The van der Waals surface area contributed by atoms with Crippen LogP contribution in [-0.4, -0.2) is 21.2 Å². The van der Waals surface area contributed by atoms with Crippen molar-refractivity contribution < 1.29 is 13.9 Å². The van der Waals surface area contributed by atoms with Crippen LogP contribution in [0.3, 0.4) is 0 Å². The number of para-hydroxylation sites is 1. The fraction of sp³-hybridized carbons (Fsp3) is 0.105. The molecule has 0 saturated heterocycles. The summed E-state index contributed by atoms with van der Waals surface area (Å²) in [5.74, 6) is 0.633. The van der Waals surface area contributed by atoms with Crippen LogP contribution in [0.2, 0.25) is 0 Å². The van der Waals surface area contributed by atoms with Crippen molar-refractivity contribution in [3.05, 3.63) is 71.7 Å². The average Bonchev–Trinajstić information content (AvgIpc) is 3.24. The summed E-state index contributed by atoms with van der Waals surface area (Å²) in [7, 11) is 0. The summed E-state index contributed by atoms with van der Waals surface area (Å²) in [6.07, 6.45) is 0. The fourth-order valence-electron chi connectivity index (χ4n) is 2.59. The highest BCUT2D eigenvalue weighted by atomic mass is 16.5. The van der Waals surface area contributed by atoms with E-state index < -0.39 is 5.97 Å². The number of carbonyl (C=O) groups is 1. The molecule has 6 heteroatoms. The van der Waals surface area contributed by atoms with E-state index in [2.05, 4.69) is 15.2 Å². The monoisotopic (exact) mass is 333 g/mol. The molecule has 0 aliphatic heterocycles. The topological polar surface area (TPSA) is 81.0 Å². The molecule has 0 fully saturated rings. The first-order valence-corrected chi connectivity index (χ1v) is 7.84. The second-order valence-corrected chi connectivity index (χ2v) is 5.58. The van der Waals surface area contributed by atoms with Crippen LogP contribution in [0.5, 0.6) is 0 Å². The lowest BCUT2D eigenvalue weighted by atomic mass is 10.2. The van der Waals surface area contributed by atoms with E-state index in [1.807, 2.05) is 54.6 Å². The van der Waals surface area contributed by atoms with Gasteiger partial charge in [0.05, 0.1) is 5.52 Å². The molecule has 0 unspecified atom stereocenters. The Morgan fingerprint density at radius 2 is 1.88 bits per heavy atom. The van der Waals surface area contributed by atoms with Gasteiger partial charge in [-0.15, -0.1) is 0 Å². The molecule has 1 N–H and O–H groups in total. The van der Waals surface area contributed by atoms with Crippen molar-refractivity contribution in [2.45, 2.75) is 13.5 Å². The third kappa shape index (κ3) is 2.89. The van der Waals surface area contributed by atoms with Crippen molar-refractivity contribution in [1.29, 1.82) is 0 Å². The number of aromatic amines is 1. The lowest BCUT2D eigenvalue weighted by Gasteiger charge is -2.01. The second-order valence-electron chi connectivity index (χ2n) is 5.58. The highest BCUT2D eigenvalue weighted by molar-refractivity contribution is 6.01. The lowest BCUT2D eigenvalue weighted by Crippen LogP contribution is -2.07. The highest BCUT2D eigenvalue weighted by Gasteiger charge is 2.18. The van der Waals surface area contributed by atoms with E-state index in [0.717, 1.165) is 16.5 Å². The Kier molecular flexibility index (Phi) is 3.78. The standard InChI is InChI=1S/C19H15N3O3/c1-12-16(20-18(25-12)13-7-3-2-4-8-13)11-24-19(23)17-14-9-5-6-10-15(14)21-22-17/h2-10H,11H2,1H3,(H,21,22). The normalized spacial score (nSPS) is 10.9. The number of benzene rings is 2. The minimum Gasteiger partial charge on any atom is -0.454 e. The maximum atomic E-state index is 12.3. The lowest BCUT2D eigenvalue weighted by molar-refractivity contribution is 0.0462. The van der Waals surface area contributed by atoms with Gasteiger partial charge in [-0.2, -0.15) is 5.10 Å². The summed E-state index contributed by atoms with van der Waals surface area (Å²) in [4.78, 5) is 16.7. The smallest absolute Gasteiger partial charge is 0.359 e. The first kappa shape index (κ1) is 15.1. The van der Waals surface area contributed by atoms with Crippen LogP contribution in [0.4, 0.5) is 0 Å². The number of carbonyl (C=O) groups excluding carboxylic acids is 1. The molecule has 25 heavy (non-hydrogen) atoms. The number of aromatic nitrogens is 3. The molecule has 0 saturated carbocycles. The SMILES string of the molecule is Cc1oc(-c2ccccc2)nc1COC(=O)c1n[nH]c2ccccc12. The molecule has 124 valence electrons. The summed E-state index contributed by atoms with van der Waals surface area (Å²) < 4.78 is 11.0. The molecule has 2 aromatic heterocycles.